The van der Waals surface area contributed by atoms with Crippen molar-refractivity contribution in [2.75, 3.05) is 19.7 Å². The molecule has 1 amide bonds. The Morgan fingerprint density at radius 3 is 2.79 bits per heavy atom. The summed E-state index contributed by atoms with van der Waals surface area (Å²) in [6.07, 6.45) is 0. The maximum absolute atomic E-state index is 11.8. The average Bonchev–Trinajstić information content (AvgIpc) is 2.60. The first-order valence-electron chi connectivity index (χ1n) is 4.34. The van der Waals surface area contributed by atoms with Crippen molar-refractivity contribution in [2.24, 2.45) is 0 Å². The largest absolute Gasteiger partial charge is 0.395 e. The van der Waals surface area contributed by atoms with Gasteiger partial charge in [0.15, 0.2) is 0 Å². The molecule has 0 aliphatic heterocycles. The summed E-state index contributed by atoms with van der Waals surface area (Å²) in [4.78, 5) is 14.1. The van der Waals surface area contributed by atoms with Gasteiger partial charge >= 0.3 is 0 Å². The predicted molar refractivity (Wildman–Crippen MR) is 60.7 cm³/mol. The van der Waals surface area contributed by atoms with E-state index in [0.29, 0.717) is 18.0 Å². The fraction of sp³-hybridized carbons (Fsp3) is 0.444. The van der Waals surface area contributed by atoms with Gasteiger partial charge in [-0.2, -0.15) is 0 Å². The van der Waals surface area contributed by atoms with Crippen molar-refractivity contribution in [3.05, 3.63) is 20.8 Å². The van der Waals surface area contributed by atoms with Crippen LogP contribution in [-0.4, -0.2) is 35.6 Å². The van der Waals surface area contributed by atoms with Crippen LogP contribution in [0.25, 0.3) is 0 Å². The van der Waals surface area contributed by atoms with Crippen molar-refractivity contribution in [2.45, 2.75) is 6.92 Å². The Morgan fingerprint density at radius 2 is 2.36 bits per heavy atom. The molecular formula is C9H12BrNO2S. The van der Waals surface area contributed by atoms with E-state index in [1.165, 1.54) is 11.3 Å². The standard InChI is InChI=1S/C9H12BrNO2S/c1-2-11(5-6-12)9(13)7-3-4-8(10)14-7/h3-4,12H,2,5-6H2,1H3. The Morgan fingerprint density at radius 1 is 1.64 bits per heavy atom. The first kappa shape index (κ1) is 11.7. The zero-order chi connectivity index (χ0) is 10.6. The Labute approximate surface area is 95.5 Å². The van der Waals surface area contributed by atoms with Gasteiger partial charge in [0.05, 0.1) is 15.3 Å². The summed E-state index contributed by atoms with van der Waals surface area (Å²) >= 11 is 4.72. The molecule has 0 spiro atoms. The van der Waals surface area contributed by atoms with Gasteiger partial charge in [0.1, 0.15) is 0 Å². The molecule has 0 aliphatic carbocycles. The number of aliphatic hydroxyl groups is 1. The summed E-state index contributed by atoms with van der Waals surface area (Å²) in [5.74, 6) is -0.0164. The van der Waals surface area contributed by atoms with Crippen molar-refractivity contribution in [1.82, 2.24) is 4.90 Å². The third-order valence-electron chi connectivity index (χ3n) is 1.82. The molecule has 1 aromatic rings. The normalized spacial score (nSPS) is 10.2. The number of rotatable bonds is 4. The van der Waals surface area contributed by atoms with Crippen LogP contribution in [0.1, 0.15) is 16.6 Å². The Bertz CT molecular complexity index is 314. The fourth-order valence-corrected chi connectivity index (χ4v) is 2.46. The highest BCUT2D eigenvalue weighted by Gasteiger charge is 2.14. The molecular weight excluding hydrogens is 266 g/mol. The molecule has 1 N–H and O–H groups in total. The average molecular weight is 278 g/mol. The van der Waals surface area contributed by atoms with E-state index >= 15 is 0 Å². The van der Waals surface area contributed by atoms with Gasteiger partial charge in [0.2, 0.25) is 0 Å². The second-order valence-corrected chi connectivity index (χ2v) is 5.18. The van der Waals surface area contributed by atoms with Gasteiger partial charge in [-0.3, -0.25) is 4.79 Å². The van der Waals surface area contributed by atoms with Crippen molar-refractivity contribution in [3.8, 4) is 0 Å². The molecule has 78 valence electrons. The van der Waals surface area contributed by atoms with Crippen LogP contribution in [-0.2, 0) is 0 Å². The van der Waals surface area contributed by atoms with Gasteiger partial charge in [0.25, 0.3) is 5.91 Å². The lowest BCUT2D eigenvalue weighted by atomic mass is 10.4. The van der Waals surface area contributed by atoms with Crippen LogP contribution >= 0.6 is 27.3 Å². The van der Waals surface area contributed by atoms with Crippen LogP contribution in [0, 0.1) is 0 Å². The van der Waals surface area contributed by atoms with Crippen LogP contribution in [0.5, 0.6) is 0 Å². The van der Waals surface area contributed by atoms with E-state index in [1.54, 1.807) is 11.0 Å². The van der Waals surface area contributed by atoms with E-state index in [1.807, 2.05) is 13.0 Å². The van der Waals surface area contributed by atoms with Gasteiger partial charge in [0, 0.05) is 13.1 Å². The molecule has 0 fully saturated rings. The van der Waals surface area contributed by atoms with E-state index < -0.39 is 0 Å². The first-order valence-corrected chi connectivity index (χ1v) is 5.95. The summed E-state index contributed by atoms with van der Waals surface area (Å²) < 4.78 is 0.945. The van der Waals surface area contributed by atoms with Crippen molar-refractivity contribution in [1.29, 1.82) is 0 Å². The van der Waals surface area contributed by atoms with E-state index in [9.17, 15) is 4.79 Å². The number of thiophene rings is 1. The summed E-state index contributed by atoms with van der Waals surface area (Å²) in [6, 6.07) is 3.64. The topological polar surface area (TPSA) is 40.5 Å². The Hall–Kier alpha value is -0.390. The molecule has 0 unspecified atom stereocenters. The number of hydrogen-bond donors (Lipinski definition) is 1. The molecule has 0 saturated heterocycles. The predicted octanol–water partition coefficient (Wildman–Crippen LogP) is 1.96. The first-order chi connectivity index (χ1) is 6.69. The highest BCUT2D eigenvalue weighted by molar-refractivity contribution is 9.11. The van der Waals surface area contributed by atoms with Crippen molar-refractivity contribution in [3.63, 3.8) is 0 Å². The molecule has 0 bridgehead atoms. The van der Waals surface area contributed by atoms with Gasteiger partial charge in [-0.1, -0.05) is 0 Å². The molecule has 1 aromatic heterocycles. The van der Waals surface area contributed by atoms with E-state index in [0.717, 1.165) is 3.79 Å². The number of carbonyl (C=O) groups excluding carboxylic acids is 1. The molecule has 0 aliphatic rings. The van der Waals surface area contributed by atoms with Crippen molar-refractivity contribution >= 4 is 33.2 Å². The number of aliphatic hydroxyl groups excluding tert-OH is 1. The number of nitrogens with zero attached hydrogens (tertiary/aromatic N) is 1. The van der Waals surface area contributed by atoms with Crippen molar-refractivity contribution < 1.29 is 9.90 Å². The number of hydrogen-bond acceptors (Lipinski definition) is 3. The summed E-state index contributed by atoms with van der Waals surface area (Å²) in [6.45, 7) is 2.92. The second-order valence-electron chi connectivity index (χ2n) is 2.71. The third kappa shape index (κ3) is 2.80. The Balaban J connectivity index is 2.72. The van der Waals surface area contributed by atoms with E-state index in [4.69, 9.17) is 5.11 Å². The van der Waals surface area contributed by atoms with Crippen LogP contribution in [0.2, 0.25) is 0 Å². The quantitative estimate of drug-likeness (QED) is 0.914. The fourth-order valence-electron chi connectivity index (χ4n) is 1.11. The van der Waals surface area contributed by atoms with E-state index in [2.05, 4.69) is 15.9 Å². The molecule has 3 nitrogen and oxygen atoms in total. The van der Waals surface area contributed by atoms with Crippen LogP contribution in [0.4, 0.5) is 0 Å². The highest BCUT2D eigenvalue weighted by atomic mass is 79.9. The molecule has 14 heavy (non-hydrogen) atoms. The lowest BCUT2D eigenvalue weighted by Crippen LogP contribution is -2.32. The smallest absolute Gasteiger partial charge is 0.264 e. The molecule has 0 radical (unpaired) electrons. The lowest BCUT2D eigenvalue weighted by molar-refractivity contribution is 0.0737. The van der Waals surface area contributed by atoms with Gasteiger partial charge in [-0.15, -0.1) is 11.3 Å². The molecule has 1 rings (SSSR count). The SMILES string of the molecule is CCN(CCO)C(=O)c1ccc(Br)s1. The molecule has 5 heteroatoms. The van der Waals surface area contributed by atoms with Crippen LogP contribution < -0.4 is 0 Å². The Kier molecular flexibility index (Phi) is 4.57. The second kappa shape index (κ2) is 5.48. The summed E-state index contributed by atoms with van der Waals surface area (Å²) in [5.41, 5.74) is 0. The minimum Gasteiger partial charge on any atom is -0.395 e. The minimum atomic E-state index is -0.0164. The maximum atomic E-state index is 11.8. The monoisotopic (exact) mass is 277 g/mol. The number of amides is 1. The zero-order valence-corrected chi connectivity index (χ0v) is 10.3. The minimum absolute atomic E-state index is 0.00608. The molecule has 0 aromatic carbocycles. The van der Waals surface area contributed by atoms with Crippen LogP contribution in [0.3, 0.4) is 0 Å². The van der Waals surface area contributed by atoms with Gasteiger partial charge < -0.3 is 10.0 Å². The number of halogens is 1. The van der Waals surface area contributed by atoms with Gasteiger partial charge in [-0.25, -0.2) is 0 Å². The summed E-state index contributed by atoms with van der Waals surface area (Å²) in [7, 11) is 0. The molecule has 1 heterocycles. The lowest BCUT2D eigenvalue weighted by Gasteiger charge is -2.18. The maximum Gasteiger partial charge on any atom is 0.264 e. The van der Waals surface area contributed by atoms with Gasteiger partial charge in [-0.05, 0) is 35.0 Å². The summed E-state index contributed by atoms with van der Waals surface area (Å²) in [5, 5.41) is 8.77. The van der Waals surface area contributed by atoms with E-state index in [-0.39, 0.29) is 12.5 Å². The third-order valence-corrected chi connectivity index (χ3v) is 3.43. The zero-order valence-electron chi connectivity index (χ0n) is 7.86. The molecule has 0 atom stereocenters. The van der Waals surface area contributed by atoms with Crippen LogP contribution in [0.15, 0.2) is 15.9 Å². The number of carbonyl (C=O) groups is 1. The molecule has 0 saturated carbocycles. The number of likely N-dealkylation sites (N-methyl/N-ethyl adjacent to an activating group) is 1. The highest BCUT2D eigenvalue weighted by Crippen LogP contribution is 2.23.